The molecule has 0 aromatic heterocycles. The summed E-state index contributed by atoms with van der Waals surface area (Å²) in [5, 5.41) is 11.8. The molecule has 0 aliphatic heterocycles. The van der Waals surface area contributed by atoms with Crippen LogP contribution in [0.15, 0.2) is 36.4 Å². The summed E-state index contributed by atoms with van der Waals surface area (Å²) in [6, 6.07) is 10.9. The van der Waals surface area contributed by atoms with Crippen LogP contribution in [0.4, 0.5) is 0 Å². The van der Waals surface area contributed by atoms with Crippen molar-refractivity contribution in [3.63, 3.8) is 0 Å². The Morgan fingerprint density at radius 1 is 1.21 bits per heavy atom. The third kappa shape index (κ3) is 2.85. The van der Waals surface area contributed by atoms with Crippen molar-refractivity contribution in [2.24, 2.45) is 0 Å². The number of carbonyl (C=O) groups is 1. The van der Waals surface area contributed by atoms with Crippen molar-refractivity contribution in [3.8, 4) is 5.75 Å². The summed E-state index contributed by atoms with van der Waals surface area (Å²) in [7, 11) is 1.61. The summed E-state index contributed by atoms with van der Waals surface area (Å²) in [5.41, 5.74) is 0.524. The number of methoxy groups -OCH3 is 1. The maximum absolute atomic E-state index is 11.5. The Labute approximate surface area is 111 Å². The molecule has 0 saturated carbocycles. The average Bonchev–Trinajstić information content (AvgIpc) is 2.45. The van der Waals surface area contributed by atoms with Crippen LogP contribution in [0.3, 0.4) is 0 Å². The fraction of sp³-hybridized carbons (Fsp3) is 0.267. The van der Waals surface area contributed by atoms with Gasteiger partial charge in [-0.05, 0) is 41.5 Å². The molecule has 0 unspecified atom stereocenters. The maximum Gasteiger partial charge on any atom is 0.339 e. The molecule has 0 bridgehead atoms. The Bertz CT molecular complexity index is 592. The Kier molecular flexibility index (Phi) is 4.02. The molecule has 1 N–H and O–H groups in total. The molecule has 4 nitrogen and oxygen atoms in total. The molecule has 0 radical (unpaired) electrons. The molecule has 0 spiro atoms. The number of carbonyl (C=O) groups excluding carboxylic acids is 1. The zero-order chi connectivity index (χ0) is 13.8. The van der Waals surface area contributed by atoms with Gasteiger partial charge in [0.1, 0.15) is 5.75 Å². The first kappa shape index (κ1) is 13.4. The van der Waals surface area contributed by atoms with E-state index in [1.807, 2.05) is 24.3 Å². The summed E-state index contributed by atoms with van der Waals surface area (Å²) >= 11 is 0. The summed E-state index contributed by atoms with van der Waals surface area (Å²) in [5.74, 6) is 0.140. The van der Waals surface area contributed by atoms with Crippen LogP contribution in [0.1, 0.15) is 18.6 Å². The maximum atomic E-state index is 11.5. The molecule has 2 aromatic carbocycles. The molecular weight excluding hydrogens is 244 g/mol. The Balaban J connectivity index is 2.33. The van der Waals surface area contributed by atoms with Gasteiger partial charge in [0.25, 0.3) is 0 Å². The molecule has 0 aliphatic carbocycles. The number of rotatable bonds is 4. The number of benzene rings is 2. The van der Waals surface area contributed by atoms with Gasteiger partial charge in [0, 0.05) is 0 Å². The van der Waals surface area contributed by atoms with Crippen LogP contribution >= 0.6 is 0 Å². The summed E-state index contributed by atoms with van der Waals surface area (Å²) in [6.45, 7) is 1.96. The molecule has 2 aromatic rings. The highest BCUT2D eigenvalue weighted by Crippen LogP contribution is 2.24. The van der Waals surface area contributed by atoms with Gasteiger partial charge < -0.3 is 14.6 Å². The minimum absolute atomic E-state index is 0.251. The fourth-order valence-electron chi connectivity index (χ4n) is 1.90. The number of hydrogen-bond donors (Lipinski definition) is 1. The van der Waals surface area contributed by atoms with Gasteiger partial charge in [-0.25, -0.2) is 4.79 Å². The van der Waals surface area contributed by atoms with E-state index in [2.05, 4.69) is 0 Å². The second-order valence-electron chi connectivity index (χ2n) is 4.13. The first-order valence-electron chi connectivity index (χ1n) is 6.08. The first-order chi connectivity index (χ1) is 9.15. The van der Waals surface area contributed by atoms with Crippen LogP contribution in [0.5, 0.6) is 5.75 Å². The predicted molar refractivity (Wildman–Crippen MR) is 72.1 cm³/mol. The van der Waals surface area contributed by atoms with Gasteiger partial charge in [-0.15, -0.1) is 0 Å². The molecule has 2 rings (SSSR count). The van der Waals surface area contributed by atoms with Crippen molar-refractivity contribution in [2.75, 3.05) is 13.7 Å². The molecule has 4 heteroatoms. The smallest absolute Gasteiger partial charge is 0.339 e. The first-order valence-corrected chi connectivity index (χ1v) is 6.08. The van der Waals surface area contributed by atoms with Gasteiger partial charge in [0.15, 0.2) is 6.10 Å². The topological polar surface area (TPSA) is 55.8 Å². The minimum Gasteiger partial charge on any atom is -0.497 e. The number of esters is 1. The summed E-state index contributed by atoms with van der Waals surface area (Å²) < 4.78 is 9.94. The van der Waals surface area contributed by atoms with Crippen LogP contribution in [0.2, 0.25) is 0 Å². The van der Waals surface area contributed by atoms with Crippen molar-refractivity contribution < 1.29 is 19.4 Å². The number of ether oxygens (including phenoxy) is 2. The van der Waals surface area contributed by atoms with E-state index < -0.39 is 12.1 Å². The predicted octanol–water partition coefficient (Wildman–Crippen LogP) is 2.44. The zero-order valence-electron chi connectivity index (χ0n) is 10.9. The highest BCUT2D eigenvalue weighted by molar-refractivity contribution is 5.86. The lowest BCUT2D eigenvalue weighted by molar-refractivity contribution is -0.153. The standard InChI is InChI=1S/C15H16O4/c1-3-19-15(17)14(16)12-5-4-11-9-13(18-2)7-6-10(11)8-12/h4-9,14,16H,3H2,1-2H3/t14-/m0/s1. The van der Waals surface area contributed by atoms with E-state index in [1.54, 1.807) is 26.2 Å². The molecule has 0 saturated heterocycles. The van der Waals surface area contributed by atoms with E-state index in [-0.39, 0.29) is 6.61 Å². The van der Waals surface area contributed by atoms with Crippen LogP contribution in [0, 0.1) is 0 Å². The SMILES string of the molecule is CCOC(=O)[C@@H](O)c1ccc2cc(OC)ccc2c1. The highest BCUT2D eigenvalue weighted by atomic mass is 16.5. The molecule has 1 atom stereocenters. The van der Waals surface area contributed by atoms with Crippen molar-refractivity contribution >= 4 is 16.7 Å². The molecular formula is C15H16O4. The van der Waals surface area contributed by atoms with Crippen molar-refractivity contribution in [1.82, 2.24) is 0 Å². The number of aliphatic hydroxyl groups is 1. The van der Waals surface area contributed by atoms with Gasteiger partial charge in [-0.1, -0.05) is 18.2 Å². The van der Waals surface area contributed by atoms with Gasteiger partial charge in [0.2, 0.25) is 0 Å². The van der Waals surface area contributed by atoms with E-state index >= 15 is 0 Å². The number of fused-ring (bicyclic) bond motifs is 1. The summed E-state index contributed by atoms with van der Waals surface area (Å²) in [6.07, 6.45) is -1.24. The third-order valence-corrected chi connectivity index (χ3v) is 2.90. The Hall–Kier alpha value is -2.07. The molecule has 0 heterocycles. The lowest BCUT2D eigenvalue weighted by Crippen LogP contribution is -2.15. The number of aliphatic hydroxyl groups excluding tert-OH is 1. The third-order valence-electron chi connectivity index (χ3n) is 2.90. The van der Waals surface area contributed by atoms with E-state index in [1.165, 1.54) is 0 Å². The van der Waals surface area contributed by atoms with E-state index in [4.69, 9.17) is 9.47 Å². The quantitative estimate of drug-likeness (QED) is 0.858. The normalized spacial score (nSPS) is 12.2. The van der Waals surface area contributed by atoms with Crippen LogP contribution in [-0.4, -0.2) is 24.8 Å². The van der Waals surface area contributed by atoms with E-state index in [0.717, 1.165) is 16.5 Å². The van der Waals surface area contributed by atoms with Crippen LogP contribution in [0.25, 0.3) is 10.8 Å². The van der Waals surface area contributed by atoms with Gasteiger partial charge in [-0.3, -0.25) is 0 Å². The van der Waals surface area contributed by atoms with E-state index in [9.17, 15) is 9.90 Å². The second-order valence-corrected chi connectivity index (χ2v) is 4.13. The minimum atomic E-state index is -1.24. The Morgan fingerprint density at radius 3 is 2.58 bits per heavy atom. The van der Waals surface area contributed by atoms with E-state index in [0.29, 0.717) is 5.56 Å². The average molecular weight is 260 g/mol. The highest BCUT2D eigenvalue weighted by Gasteiger charge is 2.18. The molecule has 0 fully saturated rings. The number of hydrogen-bond acceptors (Lipinski definition) is 4. The van der Waals surface area contributed by atoms with Crippen molar-refractivity contribution in [2.45, 2.75) is 13.0 Å². The van der Waals surface area contributed by atoms with Gasteiger partial charge in [0.05, 0.1) is 13.7 Å². The van der Waals surface area contributed by atoms with Gasteiger partial charge in [-0.2, -0.15) is 0 Å². The molecule has 0 aliphatic rings. The monoisotopic (exact) mass is 260 g/mol. The zero-order valence-corrected chi connectivity index (χ0v) is 10.9. The van der Waals surface area contributed by atoms with Crippen LogP contribution < -0.4 is 4.74 Å². The largest absolute Gasteiger partial charge is 0.497 e. The second kappa shape index (κ2) is 5.71. The molecule has 100 valence electrons. The molecule has 19 heavy (non-hydrogen) atoms. The van der Waals surface area contributed by atoms with Gasteiger partial charge >= 0.3 is 5.97 Å². The lowest BCUT2D eigenvalue weighted by Gasteiger charge is -2.11. The molecule has 0 amide bonds. The summed E-state index contributed by atoms with van der Waals surface area (Å²) in [4.78, 5) is 11.5. The fourth-order valence-corrected chi connectivity index (χ4v) is 1.90. The Morgan fingerprint density at radius 2 is 1.89 bits per heavy atom. The van der Waals surface area contributed by atoms with Crippen LogP contribution in [-0.2, 0) is 9.53 Å². The van der Waals surface area contributed by atoms with Crippen molar-refractivity contribution in [3.05, 3.63) is 42.0 Å². The lowest BCUT2D eigenvalue weighted by atomic mass is 10.0. The van der Waals surface area contributed by atoms with Crippen molar-refractivity contribution in [1.29, 1.82) is 0 Å².